The molecule has 6 heteroatoms. The van der Waals surface area contributed by atoms with Gasteiger partial charge >= 0.3 is 5.97 Å². The van der Waals surface area contributed by atoms with Crippen LogP contribution in [0.15, 0.2) is 23.3 Å². The first kappa shape index (κ1) is 13.5. The molecule has 1 aliphatic heterocycles. The summed E-state index contributed by atoms with van der Waals surface area (Å²) < 4.78 is 26.4. The van der Waals surface area contributed by atoms with Gasteiger partial charge in [0.25, 0.3) is 0 Å². The molecule has 0 bridgehead atoms. The summed E-state index contributed by atoms with van der Waals surface area (Å²) in [6.45, 7) is 2.05. The van der Waals surface area contributed by atoms with E-state index >= 15 is 0 Å². The normalized spacial score (nSPS) is 23.2. The Morgan fingerprint density at radius 2 is 2.26 bits per heavy atom. The fourth-order valence-corrected chi connectivity index (χ4v) is 2.10. The van der Waals surface area contributed by atoms with Crippen LogP contribution in [-0.2, 0) is 4.79 Å². The van der Waals surface area contributed by atoms with Crippen molar-refractivity contribution in [3.63, 3.8) is 0 Å². The number of carbonyl (C=O) groups is 1. The van der Waals surface area contributed by atoms with Gasteiger partial charge in [0.05, 0.1) is 6.21 Å². The Hall–Kier alpha value is -1.98. The predicted molar refractivity (Wildman–Crippen MR) is 65.9 cm³/mol. The van der Waals surface area contributed by atoms with Gasteiger partial charge in [-0.1, -0.05) is 12.1 Å². The standard InChI is InChI=1S/C13H14F2N2O2/c1-13(12(18)19)6-3-7-17(13)16-8-9-4-2-5-10(14)11(9)15/h2,4-5,8H,3,6-7H2,1H3,(H,18,19)/t13-/m1/s1. The summed E-state index contributed by atoms with van der Waals surface area (Å²) in [5, 5.41) is 14.6. The molecule has 1 N–H and O–H groups in total. The lowest BCUT2D eigenvalue weighted by atomic mass is 10.0. The SMILES string of the molecule is C[C@]1(C(=O)O)CCCN1N=Cc1cccc(F)c1F. The van der Waals surface area contributed by atoms with Crippen LogP contribution in [0.2, 0.25) is 0 Å². The number of hydrogen-bond acceptors (Lipinski definition) is 3. The summed E-state index contributed by atoms with van der Waals surface area (Å²) in [4.78, 5) is 11.2. The molecule has 0 unspecified atom stereocenters. The van der Waals surface area contributed by atoms with Gasteiger partial charge in [-0.05, 0) is 25.8 Å². The maximum absolute atomic E-state index is 13.4. The summed E-state index contributed by atoms with van der Waals surface area (Å²) in [7, 11) is 0. The van der Waals surface area contributed by atoms with Crippen LogP contribution in [0, 0.1) is 11.6 Å². The fourth-order valence-electron chi connectivity index (χ4n) is 2.10. The van der Waals surface area contributed by atoms with E-state index in [1.807, 2.05) is 0 Å². The van der Waals surface area contributed by atoms with Crippen molar-refractivity contribution in [1.29, 1.82) is 0 Å². The highest BCUT2D eigenvalue weighted by Gasteiger charge is 2.43. The third-order valence-corrected chi connectivity index (χ3v) is 3.38. The van der Waals surface area contributed by atoms with Crippen LogP contribution >= 0.6 is 0 Å². The minimum absolute atomic E-state index is 0.000334. The van der Waals surface area contributed by atoms with E-state index in [1.54, 1.807) is 6.92 Å². The maximum atomic E-state index is 13.4. The number of aliphatic carboxylic acids is 1. The molecule has 0 aliphatic carbocycles. The molecule has 0 spiro atoms. The van der Waals surface area contributed by atoms with Crippen LogP contribution in [0.3, 0.4) is 0 Å². The zero-order valence-corrected chi connectivity index (χ0v) is 10.4. The largest absolute Gasteiger partial charge is 0.479 e. The van der Waals surface area contributed by atoms with Crippen LogP contribution in [0.4, 0.5) is 8.78 Å². The van der Waals surface area contributed by atoms with E-state index in [4.69, 9.17) is 0 Å². The summed E-state index contributed by atoms with van der Waals surface area (Å²) in [5.41, 5.74) is -1.08. The van der Waals surface area contributed by atoms with Crippen LogP contribution in [0.25, 0.3) is 0 Å². The van der Waals surface area contributed by atoms with Gasteiger partial charge in [-0.15, -0.1) is 0 Å². The van der Waals surface area contributed by atoms with Gasteiger partial charge < -0.3 is 5.11 Å². The molecule has 4 nitrogen and oxygen atoms in total. The van der Waals surface area contributed by atoms with Crippen molar-refractivity contribution >= 4 is 12.2 Å². The minimum atomic E-state index is -1.08. The van der Waals surface area contributed by atoms with Gasteiger partial charge in [-0.25, -0.2) is 13.6 Å². The third kappa shape index (κ3) is 2.43. The van der Waals surface area contributed by atoms with Gasteiger partial charge in [0.2, 0.25) is 0 Å². The topological polar surface area (TPSA) is 52.9 Å². The minimum Gasteiger partial charge on any atom is -0.479 e. The van der Waals surface area contributed by atoms with Gasteiger partial charge in [0.15, 0.2) is 17.2 Å². The maximum Gasteiger partial charge on any atom is 0.330 e. The molecule has 0 aromatic heterocycles. The number of hydrazone groups is 1. The second kappa shape index (κ2) is 4.95. The number of halogens is 2. The average molecular weight is 268 g/mol. The first-order valence-electron chi connectivity index (χ1n) is 5.94. The predicted octanol–water partition coefficient (Wildman–Crippen LogP) is 2.24. The molecule has 0 radical (unpaired) electrons. The average Bonchev–Trinajstić information content (AvgIpc) is 2.74. The number of benzene rings is 1. The fraction of sp³-hybridized carbons (Fsp3) is 0.385. The molecular weight excluding hydrogens is 254 g/mol. The molecule has 1 saturated heterocycles. The van der Waals surface area contributed by atoms with Crippen molar-refractivity contribution in [2.24, 2.45) is 5.10 Å². The van der Waals surface area contributed by atoms with Crippen molar-refractivity contribution in [2.75, 3.05) is 6.54 Å². The Morgan fingerprint density at radius 3 is 2.95 bits per heavy atom. The smallest absolute Gasteiger partial charge is 0.330 e. The van der Waals surface area contributed by atoms with E-state index < -0.39 is 23.1 Å². The number of carboxylic acids is 1. The second-order valence-corrected chi connectivity index (χ2v) is 4.69. The van der Waals surface area contributed by atoms with E-state index in [-0.39, 0.29) is 5.56 Å². The van der Waals surface area contributed by atoms with E-state index in [0.29, 0.717) is 19.4 Å². The molecule has 1 aliphatic rings. The number of nitrogens with zero attached hydrogens (tertiary/aromatic N) is 2. The van der Waals surface area contributed by atoms with Crippen molar-refractivity contribution in [2.45, 2.75) is 25.3 Å². The molecule has 2 rings (SSSR count). The van der Waals surface area contributed by atoms with Gasteiger partial charge in [0.1, 0.15) is 0 Å². The molecule has 1 atom stereocenters. The third-order valence-electron chi connectivity index (χ3n) is 3.38. The first-order valence-corrected chi connectivity index (χ1v) is 5.94. The lowest BCUT2D eigenvalue weighted by Crippen LogP contribution is -2.45. The summed E-state index contributed by atoms with van der Waals surface area (Å²) >= 11 is 0. The highest BCUT2D eigenvalue weighted by atomic mass is 19.2. The van der Waals surface area contributed by atoms with Crippen molar-refractivity contribution < 1.29 is 18.7 Å². The number of hydrogen-bond donors (Lipinski definition) is 1. The van der Waals surface area contributed by atoms with Crippen LogP contribution in [-0.4, -0.2) is 34.4 Å². The van der Waals surface area contributed by atoms with Gasteiger partial charge in [-0.2, -0.15) is 5.10 Å². The lowest BCUT2D eigenvalue weighted by molar-refractivity contribution is -0.148. The monoisotopic (exact) mass is 268 g/mol. The van der Waals surface area contributed by atoms with Crippen LogP contribution in [0.5, 0.6) is 0 Å². The molecule has 1 heterocycles. The number of carboxylic acid groups (broad SMARTS) is 1. The Morgan fingerprint density at radius 1 is 1.53 bits per heavy atom. The van der Waals surface area contributed by atoms with Crippen LogP contribution in [0.1, 0.15) is 25.3 Å². The van der Waals surface area contributed by atoms with Gasteiger partial charge in [-0.3, -0.25) is 5.01 Å². The summed E-state index contributed by atoms with van der Waals surface area (Å²) in [6.07, 6.45) is 2.34. The quantitative estimate of drug-likeness (QED) is 0.855. The first-order chi connectivity index (χ1) is 8.95. The zero-order valence-electron chi connectivity index (χ0n) is 10.4. The summed E-state index contributed by atoms with van der Waals surface area (Å²) in [5.74, 6) is -2.91. The van der Waals surface area contributed by atoms with E-state index in [2.05, 4.69) is 5.10 Å². The molecule has 102 valence electrons. The Bertz CT molecular complexity index is 533. The molecule has 0 amide bonds. The molecule has 19 heavy (non-hydrogen) atoms. The molecule has 1 fully saturated rings. The summed E-state index contributed by atoms with van der Waals surface area (Å²) in [6, 6.07) is 3.78. The highest BCUT2D eigenvalue weighted by molar-refractivity contribution is 5.81. The van der Waals surface area contributed by atoms with Crippen LogP contribution < -0.4 is 0 Å². The number of rotatable bonds is 3. The van der Waals surface area contributed by atoms with Gasteiger partial charge in [0, 0.05) is 12.1 Å². The molecule has 1 aromatic rings. The van der Waals surface area contributed by atoms with Crippen molar-refractivity contribution in [3.05, 3.63) is 35.4 Å². The molecule has 1 aromatic carbocycles. The Labute approximate surface area is 109 Å². The van der Waals surface area contributed by atoms with E-state index in [1.165, 1.54) is 17.1 Å². The lowest BCUT2D eigenvalue weighted by Gasteiger charge is -2.28. The van der Waals surface area contributed by atoms with E-state index in [0.717, 1.165) is 12.3 Å². The Balaban J connectivity index is 2.23. The molecule has 0 saturated carbocycles. The van der Waals surface area contributed by atoms with Crippen molar-refractivity contribution in [1.82, 2.24) is 5.01 Å². The van der Waals surface area contributed by atoms with E-state index in [9.17, 15) is 18.7 Å². The second-order valence-electron chi connectivity index (χ2n) is 4.69. The highest BCUT2D eigenvalue weighted by Crippen LogP contribution is 2.29. The Kier molecular flexibility index (Phi) is 3.50. The van der Waals surface area contributed by atoms with Crippen molar-refractivity contribution in [3.8, 4) is 0 Å². The zero-order chi connectivity index (χ0) is 14.0. The molecular formula is C13H14F2N2O2.